The quantitative estimate of drug-likeness (QED) is 0.559. The van der Waals surface area contributed by atoms with E-state index in [0.29, 0.717) is 12.5 Å². The van der Waals surface area contributed by atoms with Gasteiger partial charge in [-0.05, 0) is 0 Å². The van der Waals surface area contributed by atoms with Gasteiger partial charge >= 0.3 is 0 Å². The molecule has 0 aromatic rings. The van der Waals surface area contributed by atoms with Crippen LogP contribution in [-0.4, -0.2) is 24.3 Å². The van der Waals surface area contributed by atoms with E-state index in [1.807, 2.05) is 13.8 Å². The predicted molar refractivity (Wildman–Crippen MR) is 31.7 cm³/mol. The van der Waals surface area contributed by atoms with Gasteiger partial charge in [0.25, 0.3) is 0 Å². The fourth-order valence-electron chi connectivity index (χ4n) is 0.760. The van der Waals surface area contributed by atoms with E-state index in [2.05, 4.69) is 0 Å². The Morgan fingerprint density at radius 2 is 2.22 bits per heavy atom. The topological polar surface area (TPSA) is 38.7 Å². The van der Waals surface area contributed by atoms with Crippen LogP contribution in [0.2, 0.25) is 0 Å². The summed E-state index contributed by atoms with van der Waals surface area (Å²) in [6.07, 6.45) is -0.919. The van der Waals surface area contributed by atoms with Crippen molar-refractivity contribution in [2.45, 2.75) is 26.4 Å². The first-order valence-corrected chi connectivity index (χ1v) is 3.15. The van der Waals surface area contributed by atoms with Gasteiger partial charge in [0.2, 0.25) is 0 Å². The standard InChI is InChI=1S/C6H12O3/c1-4(2)6-8-3-5(7)9-6/h4-7H,3H2,1-2H3. The molecule has 0 aliphatic carbocycles. The molecule has 0 amide bonds. The van der Waals surface area contributed by atoms with Crippen molar-refractivity contribution in [3.8, 4) is 0 Å². The maximum atomic E-state index is 8.80. The van der Waals surface area contributed by atoms with E-state index in [9.17, 15) is 0 Å². The van der Waals surface area contributed by atoms with Crippen molar-refractivity contribution in [2.24, 2.45) is 5.92 Å². The summed E-state index contributed by atoms with van der Waals surface area (Å²) in [4.78, 5) is 0. The number of aliphatic hydroxyl groups is 1. The Balaban J connectivity index is 2.30. The molecular weight excluding hydrogens is 120 g/mol. The van der Waals surface area contributed by atoms with Crippen molar-refractivity contribution in [1.29, 1.82) is 0 Å². The number of hydrogen-bond acceptors (Lipinski definition) is 3. The Labute approximate surface area is 54.6 Å². The molecule has 1 rings (SSSR count). The maximum absolute atomic E-state index is 8.80. The molecule has 1 fully saturated rings. The summed E-state index contributed by atoms with van der Waals surface area (Å²) in [5.41, 5.74) is 0. The van der Waals surface area contributed by atoms with Gasteiger partial charge in [-0.25, -0.2) is 0 Å². The monoisotopic (exact) mass is 132 g/mol. The smallest absolute Gasteiger partial charge is 0.181 e. The zero-order valence-electron chi connectivity index (χ0n) is 5.70. The summed E-state index contributed by atoms with van der Waals surface area (Å²) in [5.74, 6) is 0.321. The predicted octanol–water partition coefficient (Wildman–Crippen LogP) is 0.334. The molecule has 3 nitrogen and oxygen atoms in total. The van der Waals surface area contributed by atoms with E-state index in [4.69, 9.17) is 14.6 Å². The molecule has 0 aromatic carbocycles. The minimum atomic E-state index is -0.711. The lowest BCUT2D eigenvalue weighted by molar-refractivity contribution is -0.133. The summed E-state index contributed by atoms with van der Waals surface area (Å²) < 4.78 is 10.0. The molecule has 0 bridgehead atoms. The van der Waals surface area contributed by atoms with Gasteiger partial charge in [0.05, 0.1) is 0 Å². The van der Waals surface area contributed by atoms with E-state index >= 15 is 0 Å². The van der Waals surface area contributed by atoms with Crippen LogP contribution < -0.4 is 0 Å². The highest BCUT2D eigenvalue weighted by Gasteiger charge is 2.25. The highest BCUT2D eigenvalue weighted by Crippen LogP contribution is 2.16. The molecule has 1 heterocycles. The number of aliphatic hydroxyl groups excluding tert-OH is 1. The van der Waals surface area contributed by atoms with Crippen LogP contribution in [-0.2, 0) is 9.47 Å². The van der Waals surface area contributed by atoms with Gasteiger partial charge in [0.1, 0.15) is 6.61 Å². The number of rotatable bonds is 1. The van der Waals surface area contributed by atoms with Gasteiger partial charge in [-0.3, -0.25) is 0 Å². The molecule has 1 aliphatic heterocycles. The molecule has 1 aliphatic rings. The molecule has 1 saturated heterocycles. The minimum Gasteiger partial charge on any atom is -0.366 e. The summed E-state index contributed by atoms with van der Waals surface area (Å²) in [7, 11) is 0. The molecule has 2 atom stereocenters. The molecule has 2 unspecified atom stereocenters. The van der Waals surface area contributed by atoms with Crippen molar-refractivity contribution < 1.29 is 14.6 Å². The zero-order chi connectivity index (χ0) is 6.85. The third kappa shape index (κ3) is 1.64. The molecule has 0 aromatic heterocycles. The van der Waals surface area contributed by atoms with Gasteiger partial charge in [-0.1, -0.05) is 13.8 Å². The lowest BCUT2D eigenvalue weighted by Gasteiger charge is -2.11. The minimum absolute atomic E-state index is 0.208. The second kappa shape index (κ2) is 2.64. The Kier molecular flexibility index (Phi) is 2.05. The van der Waals surface area contributed by atoms with Crippen LogP contribution in [0.25, 0.3) is 0 Å². The molecule has 54 valence electrons. The first-order valence-electron chi connectivity index (χ1n) is 3.15. The van der Waals surface area contributed by atoms with Crippen LogP contribution in [0.3, 0.4) is 0 Å². The van der Waals surface area contributed by atoms with E-state index < -0.39 is 6.29 Å². The van der Waals surface area contributed by atoms with Crippen LogP contribution in [0.5, 0.6) is 0 Å². The summed E-state index contributed by atoms with van der Waals surface area (Å²) in [6, 6.07) is 0. The fraction of sp³-hybridized carbons (Fsp3) is 1.00. The van der Waals surface area contributed by atoms with Gasteiger partial charge in [0.15, 0.2) is 12.6 Å². The van der Waals surface area contributed by atoms with Crippen LogP contribution in [0, 0.1) is 5.92 Å². The average Bonchev–Trinajstić information content (AvgIpc) is 2.14. The van der Waals surface area contributed by atoms with Crippen molar-refractivity contribution in [3.05, 3.63) is 0 Å². The van der Waals surface area contributed by atoms with Crippen molar-refractivity contribution in [2.75, 3.05) is 6.61 Å². The van der Waals surface area contributed by atoms with Gasteiger partial charge in [0, 0.05) is 5.92 Å². The molecule has 0 saturated carbocycles. The van der Waals surface area contributed by atoms with Gasteiger partial charge in [-0.2, -0.15) is 0 Å². The summed E-state index contributed by atoms with van der Waals surface area (Å²) in [6.45, 7) is 4.29. The Morgan fingerprint density at radius 1 is 1.56 bits per heavy atom. The van der Waals surface area contributed by atoms with Gasteiger partial charge < -0.3 is 14.6 Å². The average molecular weight is 132 g/mol. The molecular formula is C6H12O3. The third-order valence-electron chi connectivity index (χ3n) is 1.24. The van der Waals surface area contributed by atoms with Crippen LogP contribution >= 0.6 is 0 Å². The van der Waals surface area contributed by atoms with E-state index in [1.165, 1.54) is 0 Å². The van der Waals surface area contributed by atoms with Crippen molar-refractivity contribution in [3.63, 3.8) is 0 Å². The third-order valence-corrected chi connectivity index (χ3v) is 1.24. The van der Waals surface area contributed by atoms with Crippen LogP contribution in [0.1, 0.15) is 13.8 Å². The second-order valence-corrected chi connectivity index (χ2v) is 2.54. The number of ether oxygens (including phenoxy) is 2. The maximum Gasteiger partial charge on any atom is 0.181 e. The first kappa shape index (κ1) is 6.99. The first-order chi connectivity index (χ1) is 4.20. The Morgan fingerprint density at radius 3 is 2.44 bits per heavy atom. The van der Waals surface area contributed by atoms with E-state index in [1.54, 1.807) is 0 Å². The fourth-order valence-corrected chi connectivity index (χ4v) is 0.760. The molecule has 9 heavy (non-hydrogen) atoms. The molecule has 1 N–H and O–H groups in total. The van der Waals surface area contributed by atoms with E-state index in [-0.39, 0.29) is 6.29 Å². The Bertz CT molecular complexity index is 92.3. The largest absolute Gasteiger partial charge is 0.366 e. The van der Waals surface area contributed by atoms with Crippen molar-refractivity contribution in [1.82, 2.24) is 0 Å². The summed E-state index contributed by atoms with van der Waals surface area (Å²) >= 11 is 0. The molecule has 0 radical (unpaired) electrons. The van der Waals surface area contributed by atoms with Crippen molar-refractivity contribution >= 4 is 0 Å². The summed E-state index contributed by atoms with van der Waals surface area (Å²) in [5, 5.41) is 8.80. The lowest BCUT2D eigenvalue weighted by atomic mass is 10.2. The van der Waals surface area contributed by atoms with Gasteiger partial charge in [-0.15, -0.1) is 0 Å². The second-order valence-electron chi connectivity index (χ2n) is 2.54. The van der Waals surface area contributed by atoms with Crippen LogP contribution in [0.4, 0.5) is 0 Å². The number of hydrogen-bond donors (Lipinski definition) is 1. The molecule has 0 spiro atoms. The highest BCUT2D eigenvalue weighted by molar-refractivity contribution is 4.57. The molecule has 3 heteroatoms. The lowest BCUT2D eigenvalue weighted by Crippen LogP contribution is -2.17. The normalized spacial score (nSPS) is 36.0. The highest BCUT2D eigenvalue weighted by atomic mass is 16.8. The zero-order valence-corrected chi connectivity index (χ0v) is 5.70. The SMILES string of the molecule is CC(C)C1OCC(O)O1. The van der Waals surface area contributed by atoms with Crippen LogP contribution in [0.15, 0.2) is 0 Å². The van der Waals surface area contributed by atoms with E-state index in [0.717, 1.165) is 0 Å². The Hall–Kier alpha value is -0.120.